The number of anilines is 1. The van der Waals surface area contributed by atoms with Crippen molar-refractivity contribution >= 4 is 27.6 Å². The Morgan fingerprint density at radius 1 is 1.47 bits per heavy atom. The molecule has 19 heavy (non-hydrogen) atoms. The SMILES string of the molecule is COCCC(C)(C)CNc1ccc(C(=O)O)c(Br)c1. The van der Waals surface area contributed by atoms with Crippen LogP contribution in [-0.2, 0) is 4.74 Å². The Labute approximate surface area is 122 Å². The number of hydrogen-bond donors (Lipinski definition) is 2. The molecule has 4 nitrogen and oxygen atoms in total. The summed E-state index contributed by atoms with van der Waals surface area (Å²) < 4.78 is 5.67. The highest BCUT2D eigenvalue weighted by molar-refractivity contribution is 9.10. The molecule has 0 aliphatic rings. The number of hydrogen-bond acceptors (Lipinski definition) is 3. The zero-order valence-electron chi connectivity index (χ0n) is 11.5. The van der Waals surface area contributed by atoms with E-state index in [-0.39, 0.29) is 11.0 Å². The Balaban J connectivity index is 2.63. The molecule has 0 heterocycles. The number of carboxylic acids is 1. The predicted molar refractivity (Wildman–Crippen MR) is 79.9 cm³/mol. The summed E-state index contributed by atoms with van der Waals surface area (Å²) in [5.74, 6) is -0.932. The summed E-state index contributed by atoms with van der Waals surface area (Å²) in [7, 11) is 1.70. The summed E-state index contributed by atoms with van der Waals surface area (Å²) in [6, 6.07) is 5.16. The lowest BCUT2D eigenvalue weighted by atomic mass is 9.89. The number of benzene rings is 1. The molecular formula is C14H20BrNO3. The molecule has 0 aromatic heterocycles. The molecule has 106 valence electrons. The van der Waals surface area contributed by atoms with Crippen LogP contribution < -0.4 is 5.32 Å². The monoisotopic (exact) mass is 329 g/mol. The Bertz CT molecular complexity index is 446. The summed E-state index contributed by atoms with van der Waals surface area (Å²) in [6.07, 6.45) is 0.963. The van der Waals surface area contributed by atoms with Crippen molar-refractivity contribution < 1.29 is 14.6 Å². The normalized spacial score (nSPS) is 11.4. The molecule has 0 unspecified atom stereocenters. The summed E-state index contributed by atoms with van der Waals surface area (Å²) >= 11 is 3.27. The zero-order valence-corrected chi connectivity index (χ0v) is 13.1. The molecule has 0 bridgehead atoms. The third-order valence-electron chi connectivity index (χ3n) is 2.95. The topological polar surface area (TPSA) is 58.6 Å². The number of methoxy groups -OCH3 is 1. The zero-order chi connectivity index (χ0) is 14.5. The lowest BCUT2D eigenvalue weighted by molar-refractivity contribution is 0.0696. The van der Waals surface area contributed by atoms with Gasteiger partial charge in [0.1, 0.15) is 0 Å². The Kier molecular flexibility index (Phi) is 5.82. The van der Waals surface area contributed by atoms with E-state index in [2.05, 4.69) is 35.1 Å². The molecule has 0 radical (unpaired) electrons. The van der Waals surface area contributed by atoms with Crippen molar-refractivity contribution in [1.82, 2.24) is 0 Å². The van der Waals surface area contributed by atoms with E-state index in [1.165, 1.54) is 0 Å². The van der Waals surface area contributed by atoms with E-state index < -0.39 is 5.97 Å². The summed E-state index contributed by atoms with van der Waals surface area (Å²) in [5, 5.41) is 12.3. The van der Waals surface area contributed by atoms with Crippen LogP contribution in [0.4, 0.5) is 5.69 Å². The van der Waals surface area contributed by atoms with E-state index in [1.54, 1.807) is 25.3 Å². The second-order valence-electron chi connectivity index (χ2n) is 5.26. The molecular weight excluding hydrogens is 310 g/mol. The van der Waals surface area contributed by atoms with Crippen LogP contribution in [0.1, 0.15) is 30.6 Å². The van der Waals surface area contributed by atoms with Crippen LogP contribution in [0.25, 0.3) is 0 Å². The van der Waals surface area contributed by atoms with Gasteiger partial charge in [-0.3, -0.25) is 0 Å². The van der Waals surface area contributed by atoms with Gasteiger partial charge in [-0.15, -0.1) is 0 Å². The number of aromatic carboxylic acids is 1. The smallest absolute Gasteiger partial charge is 0.336 e. The van der Waals surface area contributed by atoms with E-state index >= 15 is 0 Å². The molecule has 0 saturated heterocycles. The van der Waals surface area contributed by atoms with Crippen LogP contribution in [0.3, 0.4) is 0 Å². The minimum absolute atomic E-state index is 0.119. The molecule has 0 amide bonds. The standard InChI is InChI=1S/C14H20BrNO3/c1-14(2,6-7-19-3)9-16-10-4-5-11(13(17)18)12(15)8-10/h4-5,8,16H,6-7,9H2,1-3H3,(H,17,18). The molecule has 0 atom stereocenters. The van der Waals surface area contributed by atoms with Crippen LogP contribution in [0.5, 0.6) is 0 Å². The van der Waals surface area contributed by atoms with E-state index in [1.807, 2.05) is 0 Å². The first-order chi connectivity index (χ1) is 8.85. The fourth-order valence-corrected chi connectivity index (χ4v) is 2.15. The molecule has 5 heteroatoms. The second-order valence-corrected chi connectivity index (χ2v) is 6.11. The van der Waals surface area contributed by atoms with Gasteiger partial charge in [-0.1, -0.05) is 13.8 Å². The van der Waals surface area contributed by atoms with Crippen LogP contribution in [-0.4, -0.2) is 31.3 Å². The van der Waals surface area contributed by atoms with Gasteiger partial charge < -0.3 is 15.2 Å². The average Bonchev–Trinajstić information content (AvgIpc) is 2.34. The maximum atomic E-state index is 10.9. The number of nitrogens with one attached hydrogen (secondary N) is 1. The minimum atomic E-state index is -0.932. The highest BCUT2D eigenvalue weighted by Crippen LogP contribution is 2.24. The van der Waals surface area contributed by atoms with Crippen molar-refractivity contribution in [2.24, 2.45) is 5.41 Å². The number of halogens is 1. The van der Waals surface area contributed by atoms with Crippen molar-refractivity contribution in [3.63, 3.8) is 0 Å². The van der Waals surface area contributed by atoms with Crippen LogP contribution >= 0.6 is 15.9 Å². The summed E-state index contributed by atoms with van der Waals surface area (Å²) in [6.45, 7) is 5.87. The fraction of sp³-hybridized carbons (Fsp3) is 0.500. The molecule has 0 aliphatic heterocycles. The first-order valence-electron chi connectivity index (χ1n) is 6.11. The molecule has 0 fully saturated rings. The van der Waals surface area contributed by atoms with E-state index in [9.17, 15) is 4.79 Å². The lowest BCUT2D eigenvalue weighted by Gasteiger charge is -2.25. The highest BCUT2D eigenvalue weighted by Gasteiger charge is 2.17. The van der Waals surface area contributed by atoms with Gasteiger partial charge in [0.15, 0.2) is 0 Å². The average molecular weight is 330 g/mol. The Hall–Kier alpha value is -1.07. The second kappa shape index (κ2) is 6.91. The Morgan fingerprint density at radius 2 is 2.16 bits per heavy atom. The fourth-order valence-electron chi connectivity index (χ4n) is 1.61. The molecule has 1 aromatic carbocycles. The largest absolute Gasteiger partial charge is 0.478 e. The van der Waals surface area contributed by atoms with Gasteiger partial charge in [0.25, 0.3) is 0 Å². The predicted octanol–water partition coefficient (Wildman–Crippen LogP) is 3.62. The van der Waals surface area contributed by atoms with Crippen molar-refractivity contribution in [2.45, 2.75) is 20.3 Å². The lowest BCUT2D eigenvalue weighted by Crippen LogP contribution is -2.24. The van der Waals surface area contributed by atoms with Gasteiger partial charge in [-0.25, -0.2) is 4.79 Å². The van der Waals surface area contributed by atoms with E-state index in [0.717, 1.165) is 25.3 Å². The van der Waals surface area contributed by atoms with E-state index in [0.29, 0.717) is 4.47 Å². The summed E-state index contributed by atoms with van der Waals surface area (Å²) in [4.78, 5) is 10.9. The maximum Gasteiger partial charge on any atom is 0.336 e. The maximum absolute atomic E-state index is 10.9. The Morgan fingerprint density at radius 3 is 2.68 bits per heavy atom. The number of carbonyl (C=O) groups is 1. The van der Waals surface area contributed by atoms with Crippen LogP contribution in [0.15, 0.2) is 22.7 Å². The number of carboxylic acid groups (broad SMARTS) is 1. The van der Waals surface area contributed by atoms with Gasteiger partial charge in [0.05, 0.1) is 5.56 Å². The molecule has 2 N–H and O–H groups in total. The first kappa shape index (κ1) is 16.0. The van der Waals surface area contributed by atoms with Crippen LogP contribution in [0, 0.1) is 5.41 Å². The number of rotatable bonds is 7. The van der Waals surface area contributed by atoms with Crippen molar-refractivity contribution in [3.8, 4) is 0 Å². The van der Waals surface area contributed by atoms with Gasteiger partial charge in [-0.05, 0) is 46.0 Å². The van der Waals surface area contributed by atoms with E-state index in [4.69, 9.17) is 9.84 Å². The quantitative estimate of drug-likeness (QED) is 0.802. The third-order valence-corrected chi connectivity index (χ3v) is 3.61. The van der Waals surface area contributed by atoms with Crippen LogP contribution in [0.2, 0.25) is 0 Å². The molecule has 0 spiro atoms. The highest BCUT2D eigenvalue weighted by atomic mass is 79.9. The molecule has 0 aliphatic carbocycles. The van der Waals surface area contributed by atoms with Gasteiger partial charge in [0.2, 0.25) is 0 Å². The van der Waals surface area contributed by atoms with Gasteiger partial charge >= 0.3 is 5.97 Å². The first-order valence-corrected chi connectivity index (χ1v) is 6.91. The molecule has 1 aromatic rings. The summed E-state index contributed by atoms with van der Waals surface area (Å²) in [5.41, 5.74) is 1.29. The molecule has 0 saturated carbocycles. The minimum Gasteiger partial charge on any atom is -0.478 e. The van der Waals surface area contributed by atoms with Crippen molar-refractivity contribution in [3.05, 3.63) is 28.2 Å². The van der Waals surface area contributed by atoms with Crippen molar-refractivity contribution in [2.75, 3.05) is 25.6 Å². The van der Waals surface area contributed by atoms with Crippen molar-refractivity contribution in [1.29, 1.82) is 0 Å². The molecule has 1 rings (SSSR count). The van der Waals surface area contributed by atoms with Gasteiger partial charge in [-0.2, -0.15) is 0 Å². The third kappa shape index (κ3) is 5.20. The number of ether oxygens (including phenoxy) is 1. The van der Waals surface area contributed by atoms with Gasteiger partial charge in [0, 0.05) is 30.4 Å².